The van der Waals surface area contributed by atoms with Crippen LogP contribution in [0.3, 0.4) is 0 Å². The SMILES string of the molecule is Cc1c(CN2CCNCC2)cc(N=[N+]=[N-])c(C)c1S. The van der Waals surface area contributed by atoms with Gasteiger partial charge in [0, 0.05) is 48.2 Å². The van der Waals surface area contributed by atoms with Crippen molar-refractivity contribution in [3.05, 3.63) is 33.2 Å². The molecule has 0 atom stereocenters. The predicted molar refractivity (Wildman–Crippen MR) is 80.1 cm³/mol. The van der Waals surface area contributed by atoms with E-state index < -0.39 is 0 Å². The molecule has 5 nitrogen and oxygen atoms in total. The highest BCUT2D eigenvalue weighted by Gasteiger charge is 2.14. The lowest BCUT2D eigenvalue weighted by Gasteiger charge is -2.28. The minimum atomic E-state index is 0.684. The van der Waals surface area contributed by atoms with Gasteiger partial charge in [0.15, 0.2) is 0 Å². The van der Waals surface area contributed by atoms with Gasteiger partial charge in [0.25, 0.3) is 0 Å². The fraction of sp³-hybridized carbons (Fsp3) is 0.538. The Balaban J connectivity index is 2.30. The molecule has 1 saturated heterocycles. The van der Waals surface area contributed by atoms with E-state index in [1.807, 2.05) is 13.0 Å². The summed E-state index contributed by atoms with van der Waals surface area (Å²) in [6.45, 7) is 9.05. The second-order valence-corrected chi connectivity index (χ2v) is 5.32. The van der Waals surface area contributed by atoms with E-state index in [0.717, 1.165) is 43.2 Å². The Morgan fingerprint density at radius 1 is 1.37 bits per heavy atom. The first kappa shape index (κ1) is 14.2. The molecule has 0 aliphatic carbocycles. The van der Waals surface area contributed by atoms with Gasteiger partial charge in [-0.15, -0.1) is 12.6 Å². The van der Waals surface area contributed by atoms with Crippen molar-refractivity contribution < 1.29 is 0 Å². The predicted octanol–water partition coefficient (Wildman–Crippen LogP) is 2.94. The highest BCUT2D eigenvalue weighted by atomic mass is 32.1. The Labute approximate surface area is 119 Å². The van der Waals surface area contributed by atoms with Gasteiger partial charge >= 0.3 is 0 Å². The molecule has 0 unspecified atom stereocenters. The molecular formula is C13H19N5S. The molecule has 0 amide bonds. The van der Waals surface area contributed by atoms with Gasteiger partial charge < -0.3 is 5.32 Å². The monoisotopic (exact) mass is 277 g/mol. The lowest BCUT2D eigenvalue weighted by Crippen LogP contribution is -2.43. The summed E-state index contributed by atoms with van der Waals surface area (Å²) < 4.78 is 0. The lowest BCUT2D eigenvalue weighted by molar-refractivity contribution is 0.232. The number of rotatable bonds is 3. The van der Waals surface area contributed by atoms with Gasteiger partial charge in [0.05, 0.1) is 0 Å². The van der Waals surface area contributed by atoms with Gasteiger partial charge in [-0.3, -0.25) is 4.90 Å². The molecule has 0 saturated carbocycles. The van der Waals surface area contributed by atoms with Gasteiger partial charge in [-0.1, -0.05) is 5.11 Å². The number of hydrogen-bond donors (Lipinski definition) is 2. The number of piperazine rings is 1. The molecule has 0 bridgehead atoms. The van der Waals surface area contributed by atoms with Crippen LogP contribution >= 0.6 is 12.6 Å². The maximum Gasteiger partial charge on any atom is 0.0419 e. The van der Waals surface area contributed by atoms with Crippen LogP contribution in [0.4, 0.5) is 5.69 Å². The smallest absolute Gasteiger partial charge is 0.0419 e. The lowest BCUT2D eigenvalue weighted by atomic mass is 10.0. The van der Waals surface area contributed by atoms with E-state index in [2.05, 4.69) is 39.8 Å². The summed E-state index contributed by atoms with van der Waals surface area (Å²) in [7, 11) is 0. The zero-order valence-electron chi connectivity index (χ0n) is 11.3. The van der Waals surface area contributed by atoms with Gasteiger partial charge in [-0.2, -0.15) is 0 Å². The van der Waals surface area contributed by atoms with Gasteiger partial charge in [0.1, 0.15) is 0 Å². The zero-order valence-corrected chi connectivity index (χ0v) is 12.2. The Kier molecular flexibility index (Phi) is 4.71. The summed E-state index contributed by atoms with van der Waals surface area (Å²) in [5.74, 6) is 0. The minimum absolute atomic E-state index is 0.684. The molecule has 19 heavy (non-hydrogen) atoms. The van der Waals surface area contributed by atoms with Crippen LogP contribution in [0.25, 0.3) is 10.4 Å². The highest BCUT2D eigenvalue weighted by molar-refractivity contribution is 7.80. The van der Waals surface area contributed by atoms with Gasteiger partial charge in [0.2, 0.25) is 0 Å². The Hall–Kier alpha value is -1.20. The number of benzene rings is 1. The molecule has 0 radical (unpaired) electrons. The summed E-state index contributed by atoms with van der Waals surface area (Å²) in [4.78, 5) is 6.22. The van der Waals surface area contributed by atoms with E-state index in [1.165, 1.54) is 11.1 Å². The largest absolute Gasteiger partial charge is 0.314 e. The summed E-state index contributed by atoms with van der Waals surface area (Å²) in [6, 6.07) is 1.99. The average Bonchev–Trinajstić information content (AvgIpc) is 2.43. The number of nitrogens with zero attached hydrogens (tertiary/aromatic N) is 4. The van der Waals surface area contributed by atoms with E-state index >= 15 is 0 Å². The second kappa shape index (κ2) is 6.30. The van der Waals surface area contributed by atoms with Crippen LogP contribution < -0.4 is 5.32 Å². The molecule has 1 fully saturated rings. The van der Waals surface area contributed by atoms with Gasteiger partial charge in [-0.25, -0.2) is 0 Å². The number of azide groups is 1. The number of thiol groups is 1. The van der Waals surface area contributed by atoms with E-state index in [4.69, 9.17) is 5.53 Å². The van der Waals surface area contributed by atoms with Crippen molar-refractivity contribution in [1.29, 1.82) is 0 Å². The molecule has 0 spiro atoms. The van der Waals surface area contributed by atoms with Crippen LogP contribution in [0.1, 0.15) is 16.7 Å². The zero-order chi connectivity index (χ0) is 13.8. The fourth-order valence-electron chi connectivity index (χ4n) is 2.36. The molecule has 2 rings (SSSR count). The highest BCUT2D eigenvalue weighted by Crippen LogP contribution is 2.31. The average molecular weight is 277 g/mol. The molecule has 1 aromatic carbocycles. The first-order valence-corrected chi connectivity index (χ1v) is 6.88. The molecule has 1 aromatic rings. The number of nitrogens with one attached hydrogen (secondary N) is 1. The first-order valence-electron chi connectivity index (χ1n) is 6.43. The van der Waals surface area contributed by atoms with Crippen LogP contribution in [0.2, 0.25) is 0 Å². The quantitative estimate of drug-likeness (QED) is 0.386. The van der Waals surface area contributed by atoms with Crippen molar-refractivity contribution >= 4 is 18.3 Å². The standard InChI is InChI=1S/C13H19N5S/c1-9-11(8-18-5-3-15-4-6-18)7-12(16-17-14)10(2)13(9)19/h7,15,19H,3-6,8H2,1-2H3. The maximum atomic E-state index is 8.63. The summed E-state index contributed by atoms with van der Waals surface area (Å²) in [5, 5.41) is 7.11. The van der Waals surface area contributed by atoms with E-state index in [9.17, 15) is 0 Å². The van der Waals surface area contributed by atoms with Crippen molar-refractivity contribution in [2.45, 2.75) is 25.3 Å². The Bertz CT molecular complexity index is 516. The molecule has 1 N–H and O–H groups in total. The van der Waals surface area contributed by atoms with Crippen LogP contribution in [0, 0.1) is 13.8 Å². The third kappa shape index (κ3) is 3.22. The maximum absolute atomic E-state index is 8.63. The molecule has 1 heterocycles. The first-order chi connectivity index (χ1) is 9.13. The molecular weight excluding hydrogens is 258 g/mol. The van der Waals surface area contributed by atoms with Crippen LogP contribution in [0.15, 0.2) is 16.1 Å². The normalized spacial score (nSPS) is 16.2. The van der Waals surface area contributed by atoms with Crippen LogP contribution in [0.5, 0.6) is 0 Å². The van der Waals surface area contributed by atoms with Crippen molar-refractivity contribution in [2.75, 3.05) is 26.2 Å². The van der Waals surface area contributed by atoms with Crippen molar-refractivity contribution in [3.8, 4) is 0 Å². The van der Waals surface area contributed by atoms with Gasteiger partial charge in [-0.05, 0) is 42.1 Å². The molecule has 6 heteroatoms. The van der Waals surface area contributed by atoms with Crippen LogP contribution in [-0.2, 0) is 6.54 Å². The third-order valence-corrected chi connectivity index (χ3v) is 4.31. The minimum Gasteiger partial charge on any atom is -0.314 e. The van der Waals surface area contributed by atoms with E-state index in [-0.39, 0.29) is 0 Å². The van der Waals surface area contributed by atoms with E-state index in [0.29, 0.717) is 5.69 Å². The summed E-state index contributed by atoms with van der Waals surface area (Å²) >= 11 is 4.55. The fourth-order valence-corrected chi connectivity index (χ4v) is 2.62. The Morgan fingerprint density at radius 2 is 2.05 bits per heavy atom. The molecule has 1 aliphatic heterocycles. The summed E-state index contributed by atoms with van der Waals surface area (Å²) in [6.07, 6.45) is 0. The van der Waals surface area contributed by atoms with Crippen LogP contribution in [-0.4, -0.2) is 31.1 Å². The topological polar surface area (TPSA) is 64.0 Å². The molecule has 1 aliphatic rings. The number of hydrogen-bond acceptors (Lipinski definition) is 4. The summed E-state index contributed by atoms with van der Waals surface area (Å²) in [5.41, 5.74) is 12.6. The molecule has 102 valence electrons. The Morgan fingerprint density at radius 3 is 2.68 bits per heavy atom. The van der Waals surface area contributed by atoms with Crippen molar-refractivity contribution in [3.63, 3.8) is 0 Å². The second-order valence-electron chi connectivity index (χ2n) is 4.87. The van der Waals surface area contributed by atoms with Crippen molar-refractivity contribution in [2.24, 2.45) is 5.11 Å². The third-order valence-electron chi connectivity index (χ3n) is 3.64. The van der Waals surface area contributed by atoms with Crippen molar-refractivity contribution in [1.82, 2.24) is 10.2 Å². The molecule has 0 aromatic heterocycles. The van der Waals surface area contributed by atoms with E-state index in [1.54, 1.807) is 0 Å².